The number of nitrogens with zero attached hydrogens (tertiary/aromatic N) is 1. The Labute approximate surface area is 240 Å². The Morgan fingerprint density at radius 3 is 2.37 bits per heavy atom. The highest BCUT2D eigenvalue weighted by molar-refractivity contribution is 5.94. The second-order valence-corrected chi connectivity index (χ2v) is 10.8. The van der Waals surface area contributed by atoms with Crippen LogP contribution >= 0.6 is 0 Å². The van der Waals surface area contributed by atoms with Gasteiger partial charge in [0, 0.05) is 6.54 Å². The van der Waals surface area contributed by atoms with Crippen molar-refractivity contribution in [2.75, 3.05) is 26.3 Å². The summed E-state index contributed by atoms with van der Waals surface area (Å²) in [5.41, 5.74) is 0.814. The monoisotopic (exact) mass is 574 g/mol. The minimum Gasteiger partial charge on any atom is -0.461 e. The quantitative estimate of drug-likeness (QED) is 0.236. The molecule has 2 heterocycles. The first-order valence-electron chi connectivity index (χ1n) is 14.3. The molecule has 0 saturated carbocycles. The Bertz CT molecular complexity index is 1040. The van der Waals surface area contributed by atoms with Gasteiger partial charge in [-0.05, 0) is 57.1 Å². The van der Waals surface area contributed by atoms with Crippen LogP contribution in [0, 0.1) is 5.92 Å². The van der Waals surface area contributed by atoms with Crippen LogP contribution in [0.1, 0.15) is 58.4 Å². The number of amides is 3. The molecule has 41 heavy (non-hydrogen) atoms. The van der Waals surface area contributed by atoms with Crippen LogP contribution in [0.3, 0.4) is 0 Å². The van der Waals surface area contributed by atoms with Gasteiger partial charge in [0.15, 0.2) is 0 Å². The number of hydrogen-bond acceptors (Lipinski definition) is 9. The first kappa shape index (κ1) is 31.9. The summed E-state index contributed by atoms with van der Waals surface area (Å²) < 4.78 is 15.2. The van der Waals surface area contributed by atoms with Crippen LogP contribution in [0.5, 0.6) is 0 Å². The lowest BCUT2D eigenvalue weighted by atomic mass is 10.0. The van der Waals surface area contributed by atoms with E-state index in [1.165, 1.54) is 4.90 Å². The zero-order valence-corrected chi connectivity index (χ0v) is 24.1. The van der Waals surface area contributed by atoms with Crippen molar-refractivity contribution >= 4 is 29.8 Å². The normalized spacial score (nSPS) is 19.8. The van der Waals surface area contributed by atoms with Crippen LogP contribution in [0.25, 0.3) is 0 Å². The number of nitrogens with one attached hydrogen (secondary N) is 3. The number of esters is 1. The zero-order chi connectivity index (χ0) is 29.8. The van der Waals surface area contributed by atoms with Crippen molar-refractivity contribution < 1.29 is 38.2 Å². The number of carbonyl (C=O) groups is 5. The van der Waals surface area contributed by atoms with Gasteiger partial charge in [-0.15, -0.1) is 0 Å². The Balaban J connectivity index is 1.43. The van der Waals surface area contributed by atoms with Crippen molar-refractivity contribution in [2.45, 2.75) is 83.6 Å². The average Bonchev–Trinajstić information content (AvgIpc) is 3.67. The summed E-state index contributed by atoms with van der Waals surface area (Å²) in [6, 6.07) is 6.33. The molecule has 12 heteroatoms. The molecule has 2 aliphatic rings. The van der Waals surface area contributed by atoms with E-state index in [-0.39, 0.29) is 37.7 Å². The topological polar surface area (TPSA) is 152 Å². The van der Waals surface area contributed by atoms with E-state index in [0.29, 0.717) is 32.2 Å². The molecular formula is C29H42N4O8. The molecule has 3 N–H and O–H groups in total. The fourth-order valence-electron chi connectivity index (χ4n) is 4.91. The fraction of sp³-hybridized carbons (Fsp3) is 0.621. The van der Waals surface area contributed by atoms with Crippen molar-refractivity contribution in [3.63, 3.8) is 0 Å². The summed E-state index contributed by atoms with van der Waals surface area (Å²) in [6.45, 7) is 6.27. The van der Waals surface area contributed by atoms with Gasteiger partial charge in [-0.25, -0.2) is 9.59 Å². The van der Waals surface area contributed by atoms with E-state index < -0.39 is 42.1 Å². The number of ether oxygens (including phenoxy) is 3. The molecule has 0 aliphatic carbocycles. The third-order valence-corrected chi connectivity index (χ3v) is 7.00. The molecule has 1 aromatic rings. The van der Waals surface area contributed by atoms with Crippen LogP contribution in [-0.2, 0) is 40.0 Å². The van der Waals surface area contributed by atoms with Gasteiger partial charge in [0.05, 0.1) is 6.04 Å². The Morgan fingerprint density at radius 2 is 1.68 bits per heavy atom. The van der Waals surface area contributed by atoms with Gasteiger partial charge in [0.25, 0.3) is 0 Å². The molecule has 0 radical (unpaired) electrons. The lowest BCUT2D eigenvalue weighted by Crippen LogP contribution is -2.56. The van der Waals surface area contributed by atoms with Gasteiger partial charge >= 0.3 is 12.1 Å². The number of benzene rings is 1. The maximum atomic E-state index is 13.2. The molecule has 2 aliphatic heterocycles. The summed E-state index contributed by atoms with van der Waals surface area (Å²) in [6.07, 6.45) is 2.19. The van der Waals surface area contributed by atoms with Gasteiger partial charge in [-0.2, -0.15) is 0 Å². The molecule has 0 bridgehead atoms. The molecule has 2 fully saturated rings. The van der Waals surface area contributed by atoms with E-state index in [1.807, 2.05) is 44.2 Å². The molecule has 12 nitrogen and oxygen atoms in total. The fourth-order valence-corrected chi connectivity index (χ4v) is 4.91. The third kappa shape index (κ3) is 10.0. The number of hydrogen-bond donors (Lipinski definition) is 3. The summed E-state index contributed by atoms with van der Waals surface area (Å²) in [7, 11) is 0. The maximum Gasteiger partial charge on any atom is 0.508 e. The van der Waals surface area contributed by atoms with Crippen LogP contribution in [0.15, 0.2) is 30.3 Å². The summed E-state index contributed by atoms with van der Waals surface area (Å²) in [5, 5.41) is 8.67. The van der Waals surface area contributed by atoms with Crippen LogP contribution < -0.4 is 16.0 Å². The van der Waals surface area contributed by atoms with Gasteiger partial charge in [0.1, 0.15) is 37.9 Å². The highest BCUT2D eigenvalue weighted by atomic mass is 16.7. The van der Waals surface area contributed by atoms with Gasteiger partial charge < -0.3 is 35.1 Å². The van der Waals surface area contributed by atoms with Gasteiger partial charge in [0.2, 0.25) is 17.7 Å². The molecule has 3 amide bonds. The predicted octanol–water partition coefficient (Wildman–Crippen LogP) is 1.66. The largest absolute Gasteiger partial charge is 0.508 e. The first-order valence-corrected chi connectivity index (χ1v) is 14.3. The molecule has 0 aromatic heterocycles. The van der Waals surface area contributed by atoms with Crippen molar-refractivity contribution in [3.8, 4) is 0 Å². The summed E-state index contributed by atoms with van der Waals surface area (Å²) in [4.78, 5) is 64.7. The van der Waals surface area contributed by atoms with E-state index in [9.17, 15) is 24.0 Å². The molecule has 1 aromatic carbocycles. The second kappa shape index (κ2) is 15.9. The van der Waals surface area contributed by atoms with Crippen molar-refractivity contribution in [3.05, 3.63) is 35.9 Å². The standard InChI is InChI=1S/C29H42N4O8/c1-19(2)17-23(32-25(34)22-11-7-13-30-22)26(35)31-20(3)27(36)33-14-8-12-24(33)28(37)39-15-16-40-29(38)41-18-21-9-5-4-6-10-21/h4-6,9-10,19-20,22-24,30H,7-8,11-18H2,1-3H3,(H,31,35)(H,32,34)/t20-,22-,23-,24-/m0/s1. The van der Waals surface area contributed by atoms with E-state index in [2.05, 4.69) is 16.0 Å². The van der Waals surface area contributed by atoms with Gasteiger partial charge in [-0.1, -0.05) is 44.2 Å². The average molecular weight is 575 g/mol. The van der Waals surface area contributed by atoms with E-state index in [1.54, 1.807) is 6.92 Å². The van der Waals surface area contributed by atoms with E-state index in [0.717, 1.165) is 18.5 Å². The van der Waals surface area contributed by atoms with Gasteiger partial charge in [-0.3, -0.25) is 14.4 Å². The Hall–Kier alpha value is -3.67. The predicted molar refractivity (Wildman–Crippen MR) is 148 cm³/mol. The minimum absolute atomic E-state index is 0.0651. The number of rotatable bonds is 13. The number of carbonyl (C=O) groups excluding carboxylic acids is 5. The molecule has 4 atom stereocenters. The Kier molecular flexibility index (Phi) is 12.4. The first-order chi connectivity index (χ1) is 19.7. The molecule has 3 rings (SSSR count). The molecule has 226 valence electrons. The summed E-state index contributed by atoms with van der Waals surface area (Å²) in [5.74, 6) is -1.55. The highest BCUT2D eigenvalue weighted by Gasteiger charge is 2.38. The van der Waals surface area contributed by atoms with Crippen molar-refractivity contribution in [1.82, 2.24) is 20.9 Å². The lowest BCUT2D eigenvalue weighted by Gasteiger charge is -2.28. The third-order valence-electron chi connectivity index (χ3n) is 7.00. The minimum atomic E-state index is -0.908. The summed E-state index contributed by atoms with van der Waals surface area (Å²) >= 11 is 0. The Morgan fingerprint density at radius 1 is 0.951 bits per heavy atom. The smallest absolute Gasteiger partial charge is 0.461 e. The van der Waals surface area contributed by atoms with Crippen molar-refractivity contribution in [1.29, 1.82) is 0 Å². The van der Waals surface area contributed by atoms with Crippen LogP contribution in [0.2, 0.25) is 0 Å². The van der Waals surface area contributed by atoms with Crippen LogP contribution in [0.4, 0.5) is 4.79 Å². The highest BCUT2D eigenvalue weighted by Crippen LogP contribution is 2.20. The molecule has 0 unspecified atom stereocenters. The molecule has 0 spiro atoms. The molecule has 2 saturated heterocycles. The van der Waals surface area contributed by atoms with Crippen molar-refractivity contribution in [2.24, 2.45) is 5.92 Å². The van der Waals surface area contributed by atoms with E-state index >= 15 is 0 Å². The van der Waals surface area contributed by atoms with E-state index in [4.69, 9.17) is 14.2 Å². The lowest BCUT2D eigenvalue weighted by molar-refractivity contribution is -0.155. The number of likely N-dealkylation sites (tertiary alicyclic amines) is 1. The SMILES string of the molecule is CC(C)C[C@H](NC(=O)[C@@H]1CCCN1)C(=O)N[C@@H](C)C(=O)N1CCC[C@H]1C(=O)OCCOC(=O)OCc1ccccc1. The zero-order valence-electron chi connectivity index (χ0n) is 24.1. The molecular weight excluding hydrogens is 532 g/mol. The maximum absolute atomic E-state index is 13.2. The second-order valence-electron chi connectivity index (χ2n) is 10.8. The van der Waals surface area contributed by atoms with Crippen LogP contribution in [-0.4, -0.2) is 85.2 Å².